The number of hydrogen-bond donors (Lipinski definition) is 1. The van der Waals surface area contributed by atoms with Gasteiger partial charge in [-0.25, -0.2) is 4.98 Å². The van der Waals surface area contributed by atoms with E-state index in [1.165, 1.54) is 12.3 Å². The molecule has 14 heavy (non-hydrogen) atoms. The molecule has 1 aromatic rings. The molecule has 0 spiro atoms. The van der Waals surface area contributed by atoms with E-state index in [0.717, 1.165) is 0 Å². The summed E-state index contributed by atoms with van der Waals surface area (Å²) in [5.41, 5.74) is 5.35. The summed E-state index contributed by atoms with van der Waals surface area (Å²) in [7, 11) is 0. The molecule has 1 rings (SSSR count). The van der Waals surface area contributed by atoms with Crippen molar-refractivity contribution in [1.82, 2.24) is 4.98 Å². The van der Waals surface area contributed by atoms with Crippen LogP contribution >= 0.6 is 0 Å². The summed E-state index contributed by atoms with van der Waals surface area (Å²) in [6.07, 6.45) is -3.77. The zero-order valence-corrected chi connectivity index (χ0v) is 7.21. The van der Waals surface area contributed by atoms with E-state index in [4.69, 9.17) is 10.5 Å². The predicted molar refractivity (Wildman–Crippen MR) is 44.8 cm³/mol. The highest BCUT2D eigenvalue weighted by atomic mass is 19.4. The first-order chi connectivity index (χ1) is 6.49. The lowest BCUT2D eigenvalue weighted by atomic mass is 10.4. The van der Waals surface area contributed by atoms with Crippen molar-refractivity contribution in [2.24, 2.45) is 0 Å². The predicted octanol–water partition coefficient (Wildman–Crippen LogP) is 2.00. The van der Waals surface area contributed by atoms with Crippen LogP contribution in [0.3, 0.4) is 0 Å². The zero-order valence-electron chi connectivity index (χ0n) is 7.21. The standard InChI is InChI=1S/C8H9F3N2O/c9-8(10,11)3-5-14-6-2-1-4-13-7(6)12/h1-2,4H,3,5H2,(H2,12,13). The summed E-state index contributed by atoms with van der Waals surface area (Å²) >= 11 is 0. The van der Waals surface area contributed by atoms with Crippen LogP contribution in [0.25, 0.3) is 0 Å². The first-order valence-corrected chi connectivity index (χ1v) is 3.89. The van der Waals surface area contributed by atoms with Gasteiger partial charge in [0, 0.05) is 6.20 Å². The van der Waals surface area contributed by atoms with Crippen LogP contribution in [-0.2, 0) is 0 Å². The second-order valence-electron chi connectivity index (χ2n) is 2.60. The zero-order chi connectivity index (χ0) is 10.6. The van der Waals surface area contributed by atoms with Crippen LogP contribution in [0.2, 0.25) is 0 Å². The van der Waals surface area contributed by atoms with Gasteiger partial charge in [0.2, 0.25) is 0 Å². The van der Waals surface area contributed by atoms with Crippen LogP contribution < -0.4 is 10.5 Å². The van der Waals surface area contributed by atoms with Crippen molar-refractivity contribution in [2.75, 3.05) is 12.3 Å². The summed E-state index contributed by atoms with van der Waals surface area (Å²) in [6.45, 7) is -0.445. The normalized spacial score (nSPS) is 11.4. The number of nitrogens with two attached hydrogens (primary N) is 1. The van der Waals surface area contributed by atoms with E-state index in [1.54, 1.807) is 6.07 Å². The summed E-state index contributed by atoms with van der Waals surface area (Å²) in [5, 5.41) is 0. The monoisotopic (exact) mass is 206 g/mol. The number of alkyl halides is 3. The Hall–Kier alpha value is -1.46. The largest absolute Gasteiger partial charge is 0.489 e. The molecule has 78 valence electrons. The minimum absolute atomic E-state index is 0.0923. The Morgan fingerprint density at radius 1 is 1.43 bits per heavy atom. The summed E-state index contributed by atoms with van der Waals surface area (Å²) in [5.74, 6) is 0.270. The Morgan fingerprint density at radius 3 is 2.71 bits per heavy atom. The van der Waals surface area contributed by atoms with Crippen molar-refractivity contribution in [3.05, 3.63) is 18.3 Å². The summed E-state index contributed by atoms with van der Waals surface area (Å²) < 4.78 is 40.0. The van der Waals surface area contributed by atoms with E-state index in [0.29, 0.717) is 0 Å². The van der Waals surface area contributed by atoms with Crippen molar-refractivity contribution >= 4 is 5.82 Å². The highest BCUT2D eigenvalue weighted by molar-refractivity contribution is 5.44. The summed E-state index contributed by atoms with van der Waals surface area (Å²) in [6, 6.07) is 3.01. The number of nitrogens with zero attached hydrogens (tertiary/aromatic N) is 1. The molecule has 0 saturated carbocycles. The average Bonchev–Trinajstić information content (AvgIpc) is 2.06. The van der Waals surface area contributed by atoms with E-state index in [1.807, 2.05) is 0 Å². The first kappa shape index (κ1) is 10.6. The van der Waals surface area contributed by atoms with Crippen molar-refractivity contribution in [1.29, 1.82) is 0 Å². The molecule has 0 unspecified atom stereocenters. The third kappa shape index (κ3) is 3.51. The first-order valence-electron chi connectivity index (χ1n) is 3.89. The van der Waals surface area contributed by atoms with Gasteiger partial charge in [0.1, 0.15) is 0 Å². The number of pyridine rings is 1. The minimum atomic E-state index is -4.21. The molecule has 6 heteroatoms. The van der Waals surface area contributed by atoms with Gasteiger partial charge in [-0.3, -0.25) is 0 Å². The van der Waals surface area contributed by atoms with Gasteiger partial charge in [-0.1, -0.05) is 0 Å². The molecular weight excluding hydrogens is 197 g/mol. The Labute approximate surface area is 78.7 Å². The van der Waals surface area contributed by atoms with E-state index in [2.05, 4.69) is 4.98 Å². The molecule has 0 saturated heterocycles. The fourth-order valence-electron chi connectivity index (χ4n) is 0.802. The van der Waals surface area contributed by atoms with Gasteiger partial charge >= 0.3 is 6.18 Å². The lowest BCUT2D eigenvalue weighted by molar-refractivity contribution is -0.139. The van der Waals surface area contributed by atoms with Gasteiger partial charge in [-0.2, -0.15) is 13.2 Å². The van der Waals surface area contributed by atoms with Gasteiger partial charge in [0.25, 0.3) is 0 Å². The number of anilines is 1. The lowest BCUT2D eigenvalue weighted by Crippen LogP contribution is -2.13. The Bertz CT molecular complexity index is 301. The molecule has 0 radical (unpaired) electrons. The number of hydrogen-bond acceptors (Lipinski definition) is 3. The van der Waals surface area contributed by atoms with Crippen LogP contribution in [0.5, 0.6) is 5.75 Å². The molecule has 0 aliphatic carbocycles. The molecule has 0 bridgehead atoms. The highest BCUT2D eigenvalue weighted by Crippen LogP contribution is 2.22. The number of aromatic nitrogens is 1. The van der Waals surface area contributed by atoms with Crippen molar-refractivity contribution < 1.29 is 17.9 Å². The van der Waals surface area contributed by atoms with Gasteiger partial charge in [-0.15, -0.1) is 0 Å². The molecule has 0 atom stereocenters. The van der Waals surface area contributed by atoms with Crippen molar-refractivity contribution in [3.63, 3.8) is 0 Å². The highest BCUT2D eigenvalue weighted by Gasteiger charge is 2.26. The summed E-state index contributed by atoms with van der Waals surface area (Å²) in [4.78, 5) is 3.67. The molecule has 0 fully saturated rings. The number of halogens is 3. The van der Waals surface area contributed by atoms with Crippen LogP contribution in [-0.4, -0.2) is 17.8 Å². The van der Waals surface area contributed by atoms with Gasteiger partial charge in [-0.05, 0) is 12.1 Å². The second kappa shape index (κ2) is 4.17. The van der Waals surface area contributed by atoms with E-state index < -0.39 is 19.2 Å². The molecule has 1 heterocycles. The number of rotatable bonds is 3. The average molecular weight is 206 g/mol. The molecule has 3 nitrogen and oxygen atoms in total. The topological polar surface area (TPSA) is 48.1 Å². The number of ether oxygens (including phenoxy) is 1. The fraction of sp³-hybridized carbons (Fsp3) is 0.375. The quantitative estimate of drug-likeness (QED) is 0.822. The van der Waals surface area contributed by atoms with Crippen molar-refractivity contribution in [3.8, 4) is 5.75 Å². The molecular formula is C8H9F3N2O. The molecule has 0 aliphatic rings. The maximum Gasteiger partial charge on any atom is 0.392 e. The van der Waals surface area contributed by atoms with Crippen LogP contribution in [0.4, 0.5) is 19.0 Å². The minimum Gasteiger partial charge on any atom is -0.489 e. The third-order valence-corrected chi connectivity index (χ3v) is 1.44. The lowest BCUT2D eigenvalue weighted by Gasteiger charge is -2.09. The molecule has 0 aromatic carbocycles. The second-order valence-corrected chi connectivity index (χ2v) is 2.60. The van der Waals surface area contributed by atoms with E-state index in [-0.39, 0.29) is 11.6 Å². The van der Waals surface area contributed by atoms with E-state index in [9.17, 15) is 13.2 Å². The van der Waals surface area contributed by atoms with E-state index >= 15 is 0 Å². The maximum atomic E-state index is 11.7. The Morgan fingerprint density at radius 2 is 2.14 bits per heavy atom. The molecule has 2 N–H and O–H groups in total. The van der Waals surface area contributed by atoms with Gasteiger partial charge < -0.3 is 10.5 Å². The van der Waals surface area contributed by atoms with Crippen LogP contribution in [0.15, 0.2) is 18.3 Å². The Kier molecular flexibility index (Phi) is 3.16. The van der Waals surface area contributed by atoms with Crippen LogP contribution in [0.1, 0.15) is 6.42 Å². The molecule has 1 aromatic heterocycles. The smallest absolute Gasteiger partial charge is 0.392 e. The van der Waals surface area contributed by atoms with Gasteiger partial charge in [0.05, 0.1) is 13.0 Å². The van der Waals surface area contributed by atoms with Crippen LogP contribution in [0, 0.1) is 0 Å². The number of nitrogen functional groups attached to an aromatic ring is 1. The van der Waals surface area contributed by atoms with Gasteiger partial charge in [0.15, 0.2) is 11.6 Å². The molecule has 0 amide bonds. The van der Waals surface area contributed by atoms with Crippen molar-refractivity contribution in [2.45, 2.75) is 12.6 Å². The third-order valence-electron chi connectivity index (χ3n) is 1.44. The SMILES string of the molecule is Nc1ncccc1OCCC(F)(F)F. The fourth-order valence-corrected chi connectivity index (χ4v) is 0.802. The maximum absolute atomic E-state index is 11.7. The Balaban J connectivity index is 2.43. The molecule has 0 aliphatic heterocycles.